The van der Waals surface area contributed by atoms with E-state index in [4.69, 9.17) is 11.6 Å². The molecular weight excluding hydrogens is 463 g/mol. The van der Waals surface area contributed by atoms with E-state index in [9.17, 15) is 18.8 Å². The number of fused-ring (bicyclic) bond motifs is 1. The van der Waals surface area contributed by atoms with E-state index in [0.29, 0.717) is 24.4 Å². The largest absolute Gasteiger partial charge is 0.352 e. The van der Waals surface area contributed by atoms with Gasteiger partial charge in [-0.05, 0) is 36.3 Å². The van der Waals surface area contributed by atoms with E-state index in [-0.39, 0.29) is 28.8 Å². The fraction of sp³-hybridized carbons (Fsp3) is 0.217. The van der Waals surface area contributed by atoms with Crippen molar-refractivity contribution in [3.63, 3.8) is 0 Å². The molecule has 11 heteroatoms. The monoisotopic (exact) mass is 484 g/mol. The second-order valence-electron chi connectivity index (χ2n) is 7.65. The Labute approximate surface area is 200 Å². The third-order valence-electron chi connectivity index (χ3n) is 5.72. The van der Waals surface area contributed by atoms with E-state index in [0.717, 1.165) is 5.57 Å². The summed E-state index contributed by atoms with van der Waals surface area (Å²) in [7, 11) is 1.42. The third kappa shape index (κ3) is 3.96. The van der Waals surface area contributed by atoms with E-state index < -0.39 is 29.7 Å². The smallest absolute Gasteiger partial charge is 0.327 e. The van der Waals surface area contributed by atoms with Gasteiger partial charge in [-0.25, -0.2) is 14.2 Å². The van der Waals surface area contributed by atoms with Crippen LogP contribution >= 0.6 is 11.6 Å². The zero-order valence-electron chi connectivity index (χ0n) is 18.3. The zero-order valence-corrected chi connectivity index (χ0v) is 19.1. The summed E-state index contributed by atoms with van der Waals surface area (Å²) in [6.07, 6.45) is 3.85. The van der Waals surface area contributed by atoms with Crippen molar-refractivity contribution in [1.29, 1.82) is 0 Å². The number of hydrogen-bond acceptors (Lipinski definition) is 4. The number of hydrogen-bond donors (Lipinski definition) is 3. The van der Waals surface area contributed by atoms with Crippen LogP contribution in [0.3, 0.4) is 0 Å². The number of aromatic nitrogens is 2. The SMILES string of the molecule is C=CC1=C(C=C)N(C(=O)Nc2nc(C(=O)NC)n3c2C(c2cc(F)ccc2Cl)NC(=O)C3)CC1. The van der Waals surface area contributed by atoms with Crippen molar-refractivity contribution in [3.8, 4) is 0 Å². The molecule has 2 aromatic rings. The van der Waals surface area contributed by atoms with Crippen LogP contribution in [0.25, 0.3) is 0 Å². The highest BCUT2D eigenvalue weighted by atomic mass is 35.5. The number of nitrogens with zero attached hydrogens (tertiary/aromatic N) is 3. The Morgan fingerprint density at radius 1 is 1.32 bits per heavy atom. The summed E-state index contributed by atoms with van der Waals surface area (Å²) in [5, 5.41) is 8.18. The predicted molar refractivity (Wildman–Crippen MR) is 125 cm³/mol. The lowest BCUT2D eigenvalue weighted by Gasteiger charge is -2.28. The van der Waals surface area contributed by atoms with Crippen LogP contribution in [0, 0.1) is 5.82 Å². The summed E-state index contributed by atoms with van der Waals surface area (Å²) in [6.45, 7) is 7.73. The van der Waals surface area contributed by atoms with Crippen molar-refractivity contribution in [3.05, 3.63) is 82.7 Å². The highest BCUT2D eigenvalue weighted by Gasteiger charge is 2.36. The molecule has 0 radical (unpaired) electrons. The molecule has 176 valence electrons. The van der Waals surface area contributed by atoms with Gasteiger partial charge in [-0.15, -0.1) is 0 Å². The Hall–Kier alpha value is -3.92. The van der Waals surface area contributed by atoms with Gasteiger partial charge in [-0.3, -0.25) is 19.8 Å². The first kappa shape index (κ1) is 23.2. The van der Waals surface area contributed by atoms with E-state index >= 15 is 0 Å². The minimum atomic E-state index is -0.956. The first-order valence-corrected chi connectivity index (χ1v) is 10.8. The summed E-state index contributed by atoms with van der Waals surface area (Å²) in [5.41, 5.74) is 2.05. The fourth-order valence-corrected chi connectivity index (χ4v) is 4.38. The van der Waals surface area contributed by atoms with Gasteiger partial charge in [0.1, 0.15) is 12.4 Å². The molecule has 3 N–H and O–H groups in total. The molecule has 1 aromatic heterocycles. The van der Waals surface area contributed by atoms with Crippen LogP contribution < -0.4 is 16.0 Å². The number of allylic oxidation sites excluding steroid dienone is 2. The molecule has 9 nitrogen and oxygen atoms in total. The first-order chi connectivity index (χ1) is 16.3. The Kier molecular flexibility index (Phi) is 6.25. The highest BCUT2D eigenvalue weighted by Crippen LogP contribution is 2.36. The Morgan fingerprint density at radius 2 is 2.09 bits per heavy atom. The molecule has 0 spiro atoms. The molecule has 2 aliphatic rings. The van der Waals surface area contributed by atoms with Gasteiger partial charge in [0.15, 0.2) is 5.82 Å². The van der Waals surface area contributed by atoms with Crippen LogP contribution in [-0.2, 0) is 11.3 Å². The number of carbonyl (C=O) groups is 3. The van der Waals surface area contributed by atoms with Crippen LogP contribution in [0.15, 0.2) is 54.8 Å². The summed E-state index contributed by atoms with van der Waals surface area (Å²) < 4.78 is 15.5. The van der Waals surface area contributed by atoms with Crippen molar-refractivity contribution in [2.75, 3.05) is 18.9 Å². The van der Waals surface area contributed by atoms with E-state index in [1.54, 1.807) is 12.2 Å². The topological polar surface area (TPSA) is 108 Å². The average molecular weight is 485 g/mol. The van der Waals surface area contributed by atoms with Crippen LogP contribution in [0.2, 0.25) is 5.02 Å². The summed E-state index contributed by atoms with van der Waals surface area (Å²) in [4.78, 5) is 44.0. The predicted octanol–water partition coefficient (Wildman–Crippen LogP) is 3.12. The maximum absolute atomic E-state index is 14.1. The highest BCUT2D eigenvalue weighted by molar-refractivity contribution is 6.31. The van der Waals surface area contributed by atoms with Gasteiger partial charge in [0.05, 0.1) is 11.7 Å². The summed E-state index contributed by atoms with van der Waals surface area (Å²) in [6, 6.07) is 2.30. The Bertz CT molecular complexity index is 1270. The summed E-state index contributed by atoms with van der Waals surface area (Å²) >= 11 is 6.32. The lowest BCUT2D eigenvalue weighted by molar-refractivity contribution is -0.123. The van der Waals surface area contributed by atoms with Gasteiger partial charge >= 0.3 is 6.03 Å². The van der Waals surface area contributed by atoms with Gasteiger partial charge in [-0.1, -0.05) is 30.8 Å². The molecule has 0 saturated carbocycles. The number of urea groups is 1. The van der Waals surface area contributed by atoms with Crippen molar-refractivity contribution >= 4 is 35.3 Å². The molecule has 1 atom stereocenters. The maximum Gasteiger partial charge on any atom is 0.327 e. The number of halogens is 2. The number of benzene rings is 1. The number of anilines is 1. The molecule has 1 aromatic carbocycles. The average Bonchev–Trinajstić information content (AvgIpc) is 3.40. The third-order valence-corrected chi connectivity index (χ3v) is 6.07. The Morgan fingerprint density at radius 3 is 2.76 bits per heavy atom. The van der Waals surface area contributed by atoms with Crippen molar-refractivity contribution in [1.82, 2.24) is 25.1 Å². The van der Waals surface area contributed by atoms with Gasteiger partial charge in [0.2, 0.25) is 11.7 Å². The second kappa shape index (κ2) is 9.14. The minimum absolute atomic E-state index is 0.0457. The van der Waals surface area contributed by atoms with E-state index in [2.05, 4.69) is 34.1 Å². The molecule has 0 bridgehead atoms. The quantitative estimate of drug-likeness (QED) is 0.606. The molecule has 4 rings (SSSR count). The molecule has 0 aliphatic carbocycles. The van der Waals surface area contributed by atoms with Crippen LogP contribution in [0.5, 0.6) is 0 Å². The number of nitrogens with one attached hydrogen (secondary N) is 3. The fourth-order valence-electron chi connectivity index (χ4n) is 4.16. The number of imidazole rings is 1. The number of carbonyl (C=O) groups excluding carboxylic acids is 3. The molecular formula is C23H22ClFN6O3. The van der Waals surface area contributed by atoms with Gasteiger partial charge in [-0.2, -0.15) is 0 Å². The number of rotatable bonds is 5. The van der Waals surface area contributed by atoms with Gasteiger partial charge < -0.3 is 15.2 Å². The van der Waals surface area contributed by atoms with Crippen LogP contribution in [0.4, 0.5) is 15.0 Å². The first-order valence-electron chi connectivity index (χ1n) is 10.4. The molecule has 3 heterocycles. The molecule has 2 aliphatic heterocycles. The van der Waals surface area contributed by atoms with Gasteiger partial charge in [0.25, 0.3) is 5.91 Å². The van der Waals surface area contributed by atoms with Gasteiger partial charge in [0, 0.05) is 29.9 Å². The van der Waals surface area contributed by atoms with Crippen molar-refractivity contribution in [2.45, 2.75) is 19.0 Å². The molecule has 0 fully saturated rings. The normalized spacial score (nSPS) is 17.2. The standard InChI is InChI=1S/C23H22ClFN6O3/c1-4-12-8-9-30(16(12)5-2)23(34)29-20-19-18(14-10-13(25)6-7-15(14)24)27-17(32)11-31(19)21(28-20)22(33)26-3/h4-7,10,18H,1-2,8-9,11H2,3H3,(H,26,33)(H,27,32)(H,29,34). The molecule has 4 amide bonds. The lowest BCUT2D eigenvalue weighted by Crippen LogP contribution is -2.41. The zero-order chi connectivity index (χ0) is 24.6. The van der Waals surface area contributed by atoms with Crippen LogP contribution in [-0.4, -0.2) is 45.9 Å². The van der Waals surface area contributed by atoms with Crippen molar-refractivity contribution < 1.29 is 18.8 Å². The van der Waals surface area contributed by atoms with E-state index in [1.165, 1.54) is 34.7 Å². The lowest BCUT2D eigenvalue weighted by atomic mass is 10.0. The summed E-state index contributed by atoms with van der Waals surface area (Å²) in [5.74, 6) is -1.57. The molecule has 34 heavy (non-hydrogen) atoms. The second-order valence-corrected chi connectivity index (χ2v) is 8.06. The van der Waals surface area contributed by atoms with E-state index in [1.807, 2.05) is 0 Å². The van der Waals surface area contributed by atoms with Crippen LogP contribution in [0.1, 0.15) is 34.3 Å². The maximum atomic E-state index is 14.1. The molecule has 0 saturated heterocycles. The minimum Gasteiger partial charge on any atom is -0.352 e. The number of amides is 4. The molecule has 1 unspecified atom stereocenters. The van der Waals surface area contributed by atoms with Crippen molar-refractivity contribution in [2.24, 2.45) is 0 Å². The Balaban J connectivity index is 1.82.